The molecule has 4 N–H and O–H groups in total. The van der Waals surface area contributed by atoms with Crippen LogP contribution >= 0.6 is 0 Å². The van der Waals surface area contributed by atoms with Gasteiger partial charge in [-0.3, -0.25) is 4.98 Å². The number of nitrogens with zero attached hydrogens (tertiary/aromatic N) is 4. The first kappa shape index (κ1) is 27.5. The zero-order chi connectivity index (χ0) is 28.6. The van der Waals surface area contributed by atoms with Crippen molar-refractivity contribution in [3.05, 3.63) is 84.7 Å². The Morgan fingerprint density at radius 3 is 2.54 bits per heavy atom. The molecule has 210 valence electrons. The van der Waals surface area contributed by atoms with Crippen LogP contribution in [0.15, 0.2) is 73.3 Å². The van der Waals surface area contributed by atoms with Gasteiger partial charge in [0.1, 0.15) is 29.5 Å². The number of methoxy groups -OCH3 is 1. The second-order valence-electron chi connectivity index (χ2n) is 9.15. The lowest BCUT2D eigenvalue weighted by Crippen LogP contribution is -2.36. The van der Waals surface area contributed by atoms with E-state index in [2.05, 4.69) is 35.8 Å². The van der Waals surface area contributed by atoms with Crippen molar-refractivity contribution >= 4 is 40.5 Å². The predicted octanol–water partition coefficient (Wildman–Crippen LogP) is 5.22. The maximum atomic E-state index is 14.3. The van der Waals surface area contributed by atoms with Crippen molar-refractivity contribution in [2.24, 2.45) is 0 Å². The quantitative estimate of drug-likeness (QED) is 0.196. The number of halogens is 1. The van der Waals surface area contributed by atoms with Crippen LogP contribution in [0.3, 0.4) is 0 Å². The lowest BCUT2D eigenvalue weighted by molar-refractivity contribution is 0.122. The molecule has 0 spiro atoms. The molecule has 0 amide bonds. The van der Waals surface area contributed by atoms with Crippen LogP contribution < -0.4 is 25.6 Å². The van der Waals surface area contributed by atoms with E-state index < -0.39 is 0 Å². The summed E-state index contributed by atoms with van der Waals surface area (Å²) >= 11 is 0. The molecule has 0 bridgehead atoms. The number of nitrogens with one attached hydrogen (secondary N) is 4. The smallest absolute Gasteiger partial charge is 0.144 e. The lowest BCUT2D eigenvalue weighted by atomic mass is 10.0. The third kappa shape index (κ3) is 6.42. The van der Waals surface area contributed by atoms with E-state index in [0.717, 1.165) is 24.3 Å². The van der Waals surface area contributed by atoms with Crippen LogP contribution in [0.5, 0.6) is 5.75 Å². The molecular formula is C30H31FN8O2. The SMILES string of the molecule is CN/C=C(\C=N)c1cc(Nc2cc(Nc3ccnc(-c4ccccc4F)c3)ncn2)c(OC)cc1N1CCOCC1. The molecule has 3 heterocycles. The second kappa shape index (κ2) is 12.9. The van der Waals surface area contributed by atoms with Crippen LogP contribution in [0.1, 0.15) is 5.56 Å². The van der Waals surface area contributed by atoms with E-state index in [1.807, 2.05) is 12.1 Å². The fourth-order valence-corrected chi connectivity index (χ4v) is 4.59. The standard InChI is InChI=1S/C30H31FN8O2/c1-33-18-20(17-32)23-14-26(28(40-2)15-27(23)39-9-11-41-12-10-39)38-30-16-29(35-19-36-30)37-21-7-8-34-25(13-21)22-5-3-4-6-24(22)31/h3-8,13-19,32-33H,9-12H2,1-2H3,(H2,34,35,36,37,38)/b20-18+,32-17?. The highest BCUT2D eigenvalue weighted by atomic mass is 19.1. The molecule has 0 aliphatic carbocycles. The average Bonchev–Trinajstić information content (AvgIpc) is 3.01. The molecule has 10 nitrogen and oxygen atoms in total. The summed E-state index contributed by atoms with van der Waals surface area (Å²) in [4.78, 5) is 15.3. The van der Waals surface area contributed by atoms with Crippen molar-refractivity contribution in [3.63, 3.8) is 0 Å². The molecular weight excluding hydrogens is 523 g/mol. The summed E-state index contributed by atoms with van der Waals surface area (Å²) in [6, 6.07) is 15.8. The number of rotatable bonds is 10. The van der Waals surface area contributed by atoms with Crippen LogP contribution in [-0.4, -0.2) is 61.6 Å². The zero-order valence-electron chi connectivity index (χ0n) is 22.8. The van der Waals surface area contributed by atoms with Gasteiger partial charge in [-0.2, -0.15) is 0 Å². The van der Waals surface area contributed by atoms with E-state index in [1.165, 1.54) is 18.6 Å². The fraction of sp³-hybridized carbons (Fsp3) is 0.200. The van der Waals surface area contributed by atoms with Crippen molar-refractivity contribution in [2.75, 3.05) is 56.0 Å². The molecule has 0 saturated carbocycles. The summed E-state index contributed by atoms with van der Waals surface area (Å²) in [6.07, 6.45) is 6.18. The van der Waals surface area contributed by atoms with Gasteiger partial charge in [0.25, 0.3) is 0 Å². The number of hydrogen-bond acceptors (Lipinski definition) is 10. The molecule has 2 aromatic carbocycles. The Kier molecular flexibility index (Phi) is 8.65. The van der Waals surface area contributed by atoms with E-state index in [1.54, 1.807) is 63.0 Å². The first-order valence-corrected chi connectivity index (χ1v) is 13.1. The molecule has 5 rings (SSSR count). The minimum absolute atomic E-state index is 0.339. The number of anilines is 5. The Balaban J connectivity index is 1.44. The molecule has 2 aromatic heterocycles. The van der Waals surface area contributed by atoms with Gasteiger partial charge in [-0.25, -0.2) is 14.4 Å². The van der Waals surface area contributed by atoms with Gasteiger partial charge in [0, 0.05) is 79.0 Å². The van der Waals surface area contributed by atoms with Crippen molar-refractivity contribution in [1.82, 2.24) is 20.3 Å². The van der Waals surface area contributed by atoms with Crippen LogP contribution in [0.4, 0.5) is 33.1 Å². The molecule has 11 heteroatoms. The van der Waals surface area contributed by atoms with Crippen LogP contribution in [-0.2, 0) is 4.74 Å². The Bertz CT molecular complexity index is 1560. The highest BCUT2D eigenvalue weighted by molar-refractivity contribution is 6.11. The molecule has 1 fully saturated rings. The number of morpholine rings is 1. The van der Waals surface area contributed by atoms with Crippen molar-refractivity contribution in [1.29, 1.82) is 5.41 Å². The number of benzene rings is 2. The van der Waals surface area contributed by atoms with Gasteiger partial charge in [0.15, 0.2) is 0 Å². The molecule has 0 radical (unpaired) electrons. The molecule has 4 aromatic rings. The lowest BCUT2D eigenvalue weighted by Gasteiger charge is -2.31. The number of ether oxygens (including phenoxy) is 2. The Morgan fingerprint density at radius 2 is 1.80 bits per heavy atom. The Morgan fingerprint density at radius 1 is 1.02 bits per heavy atom. The highest BCUT2D eigenvalue weighted by Gasteiger charge is 2.20. The number of pyridine rings is 1. The topological polar surface area (TPSA) is 120 Å². The Labute approximate surface area is 237 Å². The monoisotopic (exact) mass is 554 g/mol. The minimum atomic E-state index is -0.339. The Hall–Kier alpha value is -5.03. The first-order valence-electron chi connectivity index (χ1n) is 13.1. The first-order chi connectivity index (χ1) is 20.1. The summed E-state index contributed by atoms with van der Waals surface area (Å²) in [5.74, 6) is 1.35. The third-order valence-electron chi connectivity index (χ3n) is 6.55. The molecule has 0 unspecified atom stereocenters. The van der Waals surface area contributed by atoms with Gasteiger partial charge in [0.2, 0.25) is 0 Å². The maximum absolute atomic E-state index is 14.3. The van der Waals surface area contributed by atoms with Crippen molar-refractivity contribution in [2.45, 2.75) is 0 Å². The molecule has 1 aliphatic rings. The van der Waals surface area contributed by atoms with E-state index in [-0.39, 0.29) is 5.82 Å². The summed E-state index contributed by atoms with van der Waals surface area (Å²) < 4.78 is 25.6. The molecule has 1 aliphatic heterocycles. The summed E-state index contributed by atoms with van der Waals surface area (Å²) in [7, 11) is 3.42. The van der Waals surface area contributed by atoms with Crippen LogP contribution in [0, 0.1) is 11.2 Å². The summed E-state index contributed by atoms with van der Waals surface area (Å²) in [6.45, 7) is 2.74. The van der Waals surface area contributed by atoms with Gasteiger partial charge in [-0.05, 0) is 30.3 Å². The van der Waals surface area contributed by atoms with Gasteiger partial charge < -0.3 is 35.7 Å². The fourth-order valence-electron chi connectivity index (χ4n) is 4.59. The third-order valence-corrected chi connectivity index (χ3v) is 6.55. The van der Waals surface area contributed by atoms with Gasteiger partial charge in [-0.15, -0.1) is 0 Å². The van der Waals surface area contributed by atoms with E-state index >= 15 is 0 Å². The summed E-state index contributed by atoms with van der Waals surface area (Å²) in [5, 5.41) is 17.7. The van der Waals surface area contributed by atoms with Gasteiger partial charge in [0.05, 0.1) is 31.7 Å². The number of aromatic nitrogens is 3. The summed E-state index contributed by atoms with van der Waals surface area (Å²) in [5.41, 5.74) is 4.84. The minimum Gasteiger partial charge on any atom is -0.494 e. The predicted molar refractivity (Wildman–Crippen MR) is 160 cm³/mol. The van der Waals surface area contributed by atoms with Gasteiger partial charge in [-0.1, -0.05) is 12.1 Å². The van der Waals surface area contributed by atoms with Crippen molar-refractivity contribution in [3.8, 4) is 17.0 Å². The van der Waals surface area contributed by atoms with E-state index in [4.69, 9.17) is 14.9 Å². The van der Waals surface area contributed by atoms with Gasteiger partial charge >= 0.3 is 0 Å². The van der Waals surface area contributed by atoms with E-state index in [0.29, 0.717) is 58.8 Å². The maximum Gasteiger partial charge on any atom is 0.144 e. The highest BCUT2D eigenvalue weighted by Crippen LogP contribution is 2.38. The number of allylic oxidation sites excluding steroid dienone is 1. The molecule has 1 saturated heterocycles. The zero-order valence-corrected chi connectivity index (χ0v) is 22.8. The van der Waals surface area contributed by atoms with Crippen LogP contribution in [0.2, 0.25) is 0 Å². The number of hydrogen-bond donors (Lipinski definition) is 4. The molecule has 41 heavy (non-hydrogen) atoms. The largest absolute Gasteiger partial charge is 0.494 e. The molecule has 0 atom stereocenters. The van der Waals surface area contributed by atoms with Crippen molar-refractivity contribution < 1.29 is 13.9 Å². The van der Waals surface area contributed by atoms with Crippen LogP contribution in [0.25, 0.3) is 16.8 Å². The normalized spacial score (nSPS) is 13.4. The average molecular weight is 555 g/mol. The van der Waals surface area contributed by atoms with E-state index in [9.17, 15) is 4.39 Å². The second-order valence-corrected chi connectivity index (χ2v) is 9.15.